The molecule has 3 aromatic heterocycles. The summed E-state index contributed by atoms with van der Waals surface area (Å²) in [5.41, 5.74) is -1.12. The maximum Gasteiger partial charge on any atom is 0.417 e. The first-order valence-electron chi connectivity index (χ1n) is 13.0. The topological polar surface area (TPSA) is 176 Å². The molecule has 0 bridgehead atoms. The molecule has 0 aliphatic carbocycles. The highest BCUT2D eigenvalue weighted by Crippen LogP contribution is 2.39. The molecule has 5 aromatic rings. The number of nitrogens with one attached hydrogen (secondary N) is 1. The molecule has 256 valence electrons. The molecule has 0 amide bonds. The van der Waals surface area contributed by atoms with Crippen LogP contribution in [-0.2, 0) is 21.0 Å². The first kappa shape index (κ1) is 35.6. The second-order valence-corrected chi connectivity index (χ2v) is 11.1. The minimum atomic E-state index is -5.14. The van der Waals surface area contributed by atoms with Gasteiger partial charge < -0.3 is 24.1 Å². The molecule has 0 spiro atoms. The molecule has 0 saturated heterocycles. The Balaban J connectivity index is 0.000000271. The third kappa shape index (κ3) is 8.18. The van der Waals surface area contributed by atoms with Crippen molar-refractivity contribution >= 4 is 50.1 Å². The van der Waals surface area contributed by atoms with Crippen LogP contribution in [0.25, 0.3) is 16.6 Å². The third-order valence-corrected chi connectivity index (χ3v) is 7.62. The zero-order valence-corrected chi connectivity index (χ0v) is 26.0. The van der Waals surface area contributed by atoms with Gasteiger partial charge in [0.05, 0.1) is 31.0 Å². The number of hydrogen-bond acceptors (Lipinski definition) is 11. The van der Waals surface area contributed by atoms with Crippen molar-refractivity contribution in [3.05, 3.63) is 65.4 Å². The summed E-state index contributed by atoms with van der Waals surface area (Å²) in [6.45, 7) is -1.72. The van der Waals surface area contributed by atoms with Crippen molar-refractivity contribution in [1.82, 2.24) is 24.6 Å². The highest BCUT2D eigenvalue weighted by atomic mass is 35.5. The van der Waals surface area contributed by atoms with Gasteiger partial charge in [-0.15, -0.1) is 5.10 Å². The Morgan fingerprint density at radius 3 is 2.42 bits per heavy atom. The number of aliphatic carboxylic acids is 1. The Hall–Kier alpha value is -5.24. The van der Waals surface area contributed by atoms with E-state index >= 15 is 0 Å². The molecule has 14 nitrogen and oxygen atoms in total. The van der Waals surface area contributed by atoms with E-state index in [9.17, 15) is 35.2 Å². The van der Waals surface area contributed by atoms with Crippen LogP contribution < -0.4 is 23.7 Å². The van der Waals surface area contributed by atoms with Crippen LogP contribution in [0, 0.1) is 0 Å². The van der Waals surface area contributed by atoms with Crippen molar-refractivity contribution in [2.24, 2.45) is 0 Å². The molecule has 0 atom stereocenters. The van der Waals surface area contributed by atoms with E-state index in [4.69, 9.17) is 30.9 Å². The average Bonchev–Trinajstić information content (AvgIpc) is 3.45. The summed E-state index contributed by atoms with van der Waals surface area (Å²) in [5.74, 6) is -2.14. The summed E-state index contributed by atoms with van der Waals surface area (Å²) in [6, 6.07) is 8.82. The molecule has 21 heteroatoms. The number of sulfonamides is 1. The van der Waals surface area contributed by atoms with E-state index in [0.29, 0.717) is 22.4 Å². The number of fused-ring (bicyclic) bond motifs is 2. The van der Waals surface area contributed by atoms with Crippen LogP contribution in [-0.4, -0.2) is 77.9 Å². The van der Waals surface area contributed by atoms with Gasteiger partial charge in [0.2, 0.25) is 5.65 Å². The van der Waals surface area contributed by atoms with Crippen LogP contribution in [0.3, 0.4) is 0 Å². The number of halogens is 6. The van der Waals surface area contributed by atoms with Crippen LogP contribution >= 0.6 is 11.6 Å². The molecule has 5 rings (SSSR count). The Morgan fingerprint density at radius 1 is 1.02 bits per heavy atom. The van der Waals surface area contributed by atoms with Crippen molar-refractivity contribution in [3.8, 4) is 23.3 Å². The van der Waals surface area contributed by atoms with Crippen molar-refractivity contribution in [2.75, 3.05) is 32.2 Å². The maximum atomic E-state index is 13.5. The Bertz CT molecular complexity index is 2010. The lowest BCUT2D eigenvalue weighted by atomic mass is 10.2. The summed E-state index contributed by atoms with van der Waals surface area (Å²) in [7, 11) is -2.56. The summed E-state index contributed by atoms with van der Waals surface area (Å²) in [6.07, 6.45) is -5.39. The van der Waals surface area contributed by atoms with Crippen molar-refractivity contribution in [1.29, 1.82) is 0 Å². The average molecular weight is 721 g/mol. The van der Waals surface area contributed by atoms with Crippen LogP contribution in [0.4, 0.5) is 27.9 Å². The van der Waals surface area contributed by atoms with Gasteiger partial charge in [0, 0.05) is 11.6 Å². The lowest BCUT2D eigenvalue weighted by Crippen LogP contribution is -2.21. The van der Waals surface area contributed by atoms with Gasteiger partial charge in [0.15, 0.2) is 12.4 Å². The van der Waals surface area contributed by atoms with Gasteiger partial charge in [-0.2, -0.15) is 27.7 Å². The Labute approximate surface area is 272 Å². The molecule has 48 heavy (non-hydrogen) atoms. The second-order valence-electron chi connectivity index (χ2n) is 9.05. The second kappa shape index (κ2) is 14.7. The van der Waals surface area contributed by atoms with E-state index in [1.54, 1.807) is 35.2 Å². The van der Waals surface area contributed by atoms with Gasteiger partial charge in [0.25, 0.3) is 22.4 Å². The molecule has 2 N–H and O–H groups in total. The van der Waals surface area contributed by atoms with Crippen LogP contribution in [0.1, 0.15) is 5.56 Å². The fourth-order valence-corrected chi connectivity index (χ4v) is 5.49. The van der Waals surface area contributed by atoms with Crippen molar-refractivity contribution in [3.63, 3.8) is 0 Å². The summed E-state index contributed by atoms with van der Waals surface area (Å²) in [4.78, 5) is 20.9. The zero-order valence-electron chi connectivity index (χ0n) is 24.4. The minimum absolute atomic E-state index is 0.0559. The first-order valence-corrected chi connectivity index (χ1v) is 14.9. The molecular formula is C27H22ClF5N6O8S. The molecule has 0 aliphatic rings. The lowest BCUT2D eigenvalue weighted by molar-refractivity contribution is -0.140. The van der Waals surface area contributed by atoms with Crippen LogP contribution in [0.5, 0.6) is 23.3 Å². The first-order chi connectivity index (χ1) is 22.7. The maximum absolute atomic E-state index is 13.5. The van der Waals surface area contributed by atoms with E-state index in [1.165, 1.54) is 20.4 Å². The molecule has 0 unspecified atom stereocenters. The number of aromatic nitrogens is 5. The van der Waals surface area contributed by atoms with E-state index in [2.05, 4.69) is 24.8 Å². The number of benzene rings is 2. The number of ether oxygens (including phenoxy) is 4. The monoisotopic (exact) mass is 720 g/mol. The van der Waals surface area contributed by atoms with E-state index in [1.807, 2.05) is 0 Å². The lowest BCUT2D eigenvalue weighted by Gasteiger charge is -2.17. The quantitative estimate of drug-likeness (QED) is 0.176. The molecule has 0 radical (unpaired) electrons. The van der Waals surface area contributed by atoms with E-state index < -0.39 is 64.0 Å². The number of hydrogen-bond donors (Lipinski definition) is 2. The fraction of sp³-hybridized carbons (Fsp3) is 0.222. The fourth-order valence-electron chi connectivity index (χ4n) is 3.98. The molecule has 2 aromatic carbocycles. The zero-order chi connectivity index (χ0) is 35.2. The predicted octanol–water partition coefficient (Wildman–Crippen LogP) is 4.96. The van der Waals surface area contributed by atoms with Gasteiger partial charge in [-0.25, -0.2) is 26.7 Å². The number of pyridine rings is 1. The number of alkyl halides is 5. The van der Waals surface area contributed by atoms with Gasteiger partial charge in [0.1, 0.15) is 28.5 Å². The number of carboxylic acid groups (broad SMARTS) is 1. The number of rotatable bonds is 11. The molecule has 0 saturated carbocycles. The van der Waals surface area contributed by atoms with Crippen LogP contribution in [0.2, 0.25) is 5.02 Å². The summed E-state index contributed by atoms with van der Waals surface area (Å²) >= 11 is 5.98. The SMILES string of the molecule is COc1cnc(OC)n2nc(NS(=O)(=O)c3c(OCC(F)F)cccc3C(F)(F)F)nc12.O=C(O)COc1ccc(Cl)c2cccnc12. The highest BCUT2D eigenvalue weighted by molar-refractivity contribution is 7.92. The normalized spacial score (nSPS) is 11.6. The van der Waals surface area contributed by atoms with Gasteiger partial charge in [-0.1, -0.05) is 17.7 Å². The van der Waals surface area contributed by atoms with E-state index in [-0.39, 0.29) is 17.4 Å². The Morgan fingerprint density at radius 2 is 1.77 bits per heavy atom. The van der Waals surface area contributed by atoms with Gasteiger partial charge >= 0.3 is 18.2 Å². The highest BCUT2D eigenvalue weighted by Gasteiger charge is 2.40. The minimum Gasteiger partial charge on any atom is -0.491 e. The number of methoxy groups -OCH3 is 2. The molecule has 3 heterocycles. The van der Waals surface area contributed by atoms with E-state index in [0.717, 1.165) is 22.0 Å². The standard InChI is InChI=1S/C16H14F5N5O5S.C11H8ClNO3/c1-29-10-6-22-15(30-2)26-13(10)23-14(24-26)25-32(27,28)12-8(16(19,20)21)4-3-5-9(12)31-7-11(17)18;12-8-3-4-9(16-6-10(14)15)11-7(8)2-1-5-13-11/h3-6,11H,7H2,1-2H3,(H,24,25);1-5H,6H2,(H,14,15). The predicted molar refractivity (Wildman–Crippen MR) is 158 cm³/mol. The van der Waals surface area contributed by atoms with Crippen LogP contribution in [0.15, 0.2) is 59.8 Å². The molecule has 0 fully saturated rings. The number of anilines is 1. The largest absolute Gasteiger partial charge is 0.491 e. The van der Waals surface area contributed by atoms with Gasteiger partial charge in [-0.3, -0.25) is 4.98 Å². The number of carboxylic acids is 1. The molecular weight excluding hydrogens is 699 g/mol. The smallest absolute Gasteiger partial charge is 0.417 e. The number of carbonyl (C=O) groups is 1. The summed E-state index contributed by atoms with van der Waals surface area (Å²) < 4.78 is 114. The third-order valence-electron chi connectivity index (χ3n) is 5.88. The molecule has 0 aliphatic heterocycles. The van der Waals surface area contributed by atoms with Crippen molar-refractivity contribution in [2.45, 2.75) is 17.5 Å². The van der Waals surface area contributed by atoms with Gasteiger partial charge in [-0.05, 0) is 36.4 Å². The summed E-state index contributed by atoms with van der Waals surface area (Å²) in [5, 5.41) is 13.6. The number of nitrogens with zero attached hydrogens (tertiary/aromatic N) is 5. The van der Waals surface area contributed by atoms with Crippen molar-refractivity contribution < 1.29 is 59.2 Å². The Kier molecular flexibility index (Phi) is 10.9.